The van der Waals surface area contributed by atoms with Crippen molar-refractivity contribution in [3.05, 3.63) is 0 Å². The highest BCUT2D eigenvalue weighted by atomic mass is 127. The van der Waals surface area contributed by atoms with Crippen molar-refractivity contribution in [2.75, 3.05) is 65.3 Å². The van der Waals surface area contributed by atoms with Gasteiger partial charge in [-0.25, -0.2) is 12.7 Å². The largest absolute Gasteiger partial charge is 0.379 e. The molecule has 2 heterocycles. The van der Waals surface area contributed by atoms with E-state index in [-0.39, 0.29) is 35.8 Å². The second-order valence-electron chi connectivity index (χ2n) is 7.19. The molecule has 8 nitrogen and oxygen atoms in total. The van der Waals surface area contributed by atoms with Crippen LogP contribution in [0.3, 0.4) is 0 Å². The molecule has 0 saturated carbocycles. The van der Waals surface area contributed by atoms with Crippen molar-refractivity contribution in [3.8, 4) is 0 Å². The normalized spacial score (nSPS) is 22.1. The summed E-state index contributed by atoms with van der Waals surface area (Å²) in [6.07, 6.45) is 1.62. The molecule has 2 aliphatic heterocycles. The number of ether oxygens (including phenoxy) is 1. The first-order valence-electron chi connectivity index (χ1n) is 9.69. The van der Waals surface area contributed by atoms with Gasteiger partial charge in [0.2, 0.25) is 10.0 Å². The first kappa shape index (κ1) is 24.9. The van der Waals surface area contributed by atoms with Gasteiger partial charge in [0.1, 0.15) is 0 Å². The summed E-state index contributed by atoms with van der Waals surface area (Å²) in [4.78, 5) is 6.75. The molecule has 0 aromatic carbocycles. The molecule has 0 aromatic rings. The maximum absolute atomic E-state index is 11.9. The SMILES string of the molecule is CCS(=O)(=O)N1CCC(NC(=NC)NCC(C)CN2CCOCC2)CC1.I. The lowest BCUT2D eigenvalue weighted by Gasteiger charge is -2.32. The van der Waals surface area contributed by atoms with Crippen molar-refractivity contribution < 1.29 is 13.2 Å². The maximum Gasteiger partial charge on any atom is 0.213 e. The topological polar surface area (TPSA) is 86.3 Å². The minimum Gasteiger partial charge on any atom is -0.379 e. The lowest BCUT2D eigenvalue weighted by molar-refractivity contribution is 0.0320. The number of rotatable bonds is 7. The predicted molar refractivity (Wildman–Crippen MR) is 120 cm³/mol. The van der Waals surface area contributed by atoms with Gasteiger partial charge in [-0.15, -0.1) is 24.0 Å². The molecule has 0 radical (unpaired) electrons. The fourth-order valence-corrected chi connectivity index (χ4v) is 4.54. The van der Waals surface area contributed by atoms with Gasteiger partial charge in [0.05, 0.1) is 19.0 Å². The Kier molecular flexibility index (Phi) is 11.4. The van der Waals surface area contributed by atoms with E-state index in [2.05, 4.69) is 27.4 Å². The number of sulfonamides is 1. The van der Waals surface area contributed by atoms with Gasteiger partial charge < -0.3 is 15.4 Å². The number of nitrogens with one attached hydrogen (secondary N) is 2. The number of hydrogen-bond acceptors (Lipinski definition) is 5. The van der Waals surface area contributed by atoms with Crippen LogP contribution in [0.25, 0.3) is 0 Å². The van der Waals surface area contributed by atoms with Gasteiger partial charge in [-0.05, 0) is 25.7 Å². The molecule has 0 amide bonds. The summed E-state index contributed by atoms with van der Waals surface area (Å²) < 4.78 is 30.9. The smallest absolute Gasteiger partial charge is 0.213 e. The summed E-state index contributed by atoms with van der Waals surface area (Å²) in [6.45, 7) is 10.7. The van der Waals surface area contributed by atoms with E-state index in [1.165, 1.54) is 0 Å². The van der Waals surface area contributed by atoms with Crippen molar-refractivity contribution in [3.63, 3.8) is 0 Å². The van der Waals surface area contributed by atoms with Gasteiger partial charge in [-0.1, -0.05) is 6.92 Å². The molecule has 10 heteroatoms. The van der Waals surface area contributed by atoms with E-state index in [1.807, 2.05) is 0 Å². The average molecular weight is 517 g/mol. The van der Waals surface area contributed by atoms with Crippen molar-refractivity contribution in [1.82, 2.24) is 19.8 Å². The average Bonchev–Trinajstić information content (AvgIpc) is 2.66. The number of aliphatic imine (C=N–C) groups is 1. The molecule has 0 bridgehead atoms. The van der Waals surface area contributed by atoms with Crippen molar-refractivity contribution in [2.45, 2.75) is 32.7 Å². The minimum absolute atomic E-state index is 0. The van der Waals surface area contributed by atoms with E-state index in [4.69, 9.17) is 4.74 Å². The molecule has 160 valence electrons. The molecule has 1 atom stereocenters. The Bertz CT molecular complexity index is 547. The first-order valence-corrected chi connectivity index (χ1v) is 11.3. The van der Waals surface area contributed by atoms with E-state index < -0.39 is 10.0 Å². The quantitative estimate of drug-likeness (QED) is 0.292. The van der Waals surface area contributed by atoms with Gasteiger partial charge in [-0.2, -0.15) is 0 Å². The monoisotopic (exact) mass is 517 g/mol. The molecule has 27 heavy (non-hydrogen) atoms. The van der Waals surface area contributed by atoms with E-state index >= 15 is 0 Å². The molecule has 2 N–H and O–H groups in total. The van der Waals surface area contributed by atoms with Crippen LogP contribution in [0, 0.1) is 5.92 Å². The summed E-state index contributed by atoms with van der Waals surface area (Å²) in [5.74, 6) is 1.49. The third kappa shape index (κ3) is 8.38. The third-order valence-electron chi connectivity index (χ3n) is 5.07. The third-order valence-corrected chi connectivity index (χ3v) is 6.95. The minimum atomic E-state index is -3.07. The highest BCUT2D eigenvalue weighted by Crippen LogP contribution is 2.14. The molecule has 0 aromatic heterocycles. The summed E-state index contributed by atoms with van der Waals surface area (Å²) >= 11 is 0. The zero-order valence-corrected chi connectivity index (χ0v) is 20.0. The molecule has 2 fully saturated rings. The van der Waals surface area contributed by atoms with Crippen LogP contribution >= 0.6 is 24.0 Å². The summed E-state index contributed by atoms with van der Waals surface area (Å²) in [7, 11) is -1.29. The lowest BCUT2D eigenvalue weighted by Crippen LogP contribution is -2.51. The Hall–Kier alpha value is -0.170. The van der Waals surface area contributed by atoms with Crippen LogP contribution in [0.1, 0.15) is 26.7 Å². The molecular weight excluding hydrogens is 481 g/mol. The van der Waals surface area contributed by atoms with E-state index in [1.54, 1.807) is 18.3 Å². The number of hydrogen-bond donors (Lipinski definition) is 2. The molecule has 1 unspecified atom stereocenters. The maximum atomic E-state index is 11.9. The second-order valence-corrected chi connectivity index (χ2v) is 9.45. The van der Waals surface area contributed by atoms with Crippen LogP contribution in [0.5, 0.6) is 0 Å². The van der Waals surface area contributed by atoms with Crippen LogP contribution in [0.15, 0.2) is 4.99 Å². The molecule has 0 spiro atoms. The van der Waals surface area contributed by atoms with Crippen molar-refractivity contribution in [1.29, 1.82) is 0 Å². The van der Waals surface area contributed by atoms with Gasteiger partial charge >= 0.3 is 0 Å². The molecular formula is C17H36IN5O3S. The van der Waals surface area contributed by atoms with Crippen LogP contribution in [-0.4, -0.2) is 94.9 Å². The predicted octanol–water partition coefficient (Wildman–Crippen LogP) is 0.552. The number of morpholine rings is 1. The second kappa shape index (κ2) is 12.4. The molecule has 2 aliphatic rings. The van der Waals surface area contributed by atoms with E-state index in [0.717, 1.165) is 58.2 Å². The fourth-order valence-electron chi connectivity index (χ4n) is 3.41. The van der Waals surface area contributed by atoms with Crippen LogP contribution < -0.4 is 10.6 Å². The Labute approximate surface area is 181 Å². The van der Waals surface area contributed by atoms with Gasteiger partial charge in [0.25, 0.3) is 0 Å². The summed E-state index contributed by atoms with van der Waals surface area (Å²) in [6, 6.07) is 0.263. The summed E-state index contributed by atoms with van der Waals surface area (Å²) in [5, 5.41) is 6.85. The highest BCUT2D eigenvalue weighted by Gasteiger charge is 2.27. The Morgan fingerprint density at radius 1 is 1.22 bits per heavy atom. The van der Waals surface area contributed by atoms with Gasteiger partial charge in [-0.3, -0.25) is 9.89 Å². The first-order chi connectivity index (χ1) is 12.4. The fraction of sp³-hybridized carbons (Fsp3) is 0.941. The zero-order valence-electron chi connectivity index (χ0n) is 16.8. The summed E-state index contributed by atoms with van der Waals surface area (Å²) in [5.41, 5.74) is 0. The number of guanidine groups is 1. The lowest BCUT2D eigenvalue weighted by atomic mass is 10.1. The Morgan fingerprint density at radius 2 is 1.85 bits per heavy atom. The van der Waals surface area contributed by atoms with Crippen molar-refractivity contribution in [2.24, 2.45) is 10.9 Å². The molecule has 2 rings (SSSR count). The number of halogens is 1. The zero-order chi connectivity index (χ0) is 19.0. The Balaban J connectivity index is 0.00000364. The van der Waals surface area contributed by atoms with E-state index in [0.29, 0.717) is 19.0 Å². The molecule has 2 saturated heterocycles. The van der Waals surface area contributed by atoms with Gasteiger partial charge in [0, 0.05) is 52.4 Å². The Morgan fingerprint density at radius 3 is 2.41 bits per heavy atom. The van der Waals surface area contributed by atoms with E-state index in [9.17, 15) is 8.42 Å². The standard InChI is InChI=1S/C17H35N5O3S.HI/c1-4-26(23,24)22-7-5-16(6-8-22)20-17(18-3)19-13-15(2)14-21-9-11-25-12-10-21;/h15-16H,4-14H2,1-3H3,(H2,18,19,20);1H. The highest BCUT2D eigenvalue weighted by molar-refractivity contribution is 14.0. The van der Waals surface area contributed by atoms with Gasteiger partial charge in [0.15, 0.2) is 5.96 Å². The number of nitrogens with zero attached hydrogens (tertiary/aromatic N) is 3. The number of piperidine rings is 1. The van der Waals surface area contributed by atoms with Crippen LogP contribution in [0.2, 0.25) is 0 Å². The van der Waals surface area contributed by atoms with Crippen LogP contribution in [-0.2, 0) is 14.8 Å². The van der Waals surface area contributed by atoms with Crippen LogP contribution in [0.4, 0.5) is 0 Å². The van der Waals surface area contributed by atoms with Crippen molar-refractivity contribution >= 4 is 40.0 Å². The molecule has 0 aliphatic carbocycles.